The number of carbonyl (C=O) groups excluding carboxylic acids is 2. The second-order valence-electron chi connectivity index (χ2n) is 12.8. The molecule has 0 bridgehead atoms. The number of anilines is 2. The molecule has 1 atom stereocenters. The first-order valence-electron chi connectivity index (χ1n) is 17.1. The van der Waals surface area contributed by atoms with Gasteiger partial charge in [-0.05, 0) is 65.4 Å². The zero-order valence-electron chi connectivity index (χ0n) is 28.8. The van der Waals surface area contributed by atoms with Crippen LogP contribution in [-0.2, 0) is 26.1 Å². The Morgan fingerprint density at radius 1 is 0.712 bits per heavy atom. The predicted octanol–water partition coefficient (Wildman–Crippen LogP) is 8.05. The van der Waals surface area contributed by atoms with Gasteiger partial charge in [0, 0.05) is 42.4 Å². The van der Waals surface area contributed by atoms with Gasteiger partial charge in [0.1, 0.15) is 13.2 Å². The van der Waals surface area contributed by atoms with E-state index >= 15 is 0 Å². The molecule has 3 aliphatic rings. The number of methoxy groups -OCH3 is 2. The van der Waals surface area contributed by atoms with Crippen molar-refractivity contribution in [1.82, 2.24) is 0 Å². The average molecular weight is 693 g/mol. The lowest BCUT2D eigenvalue weighted by Gasteiger charge is -2.22. The molecule has 0 aliphatic carbocycles. The van der Waals surface area contributed by atoms with E-state index in [-0.39, 0.29) is 31.1 Å². The molecule has 5 aromatic carbocycles. The second-order valence-corrected chi connectivity index (χ2v) is 12.8. The molecule has 0 saturated heterocycles. The molecule has 10 nitrogen and oxygen atoms in total. The zero-order valence-corrected chi connectivity index (χ0v) is 28.8. The molecule has 3 heterocycles. The van der Waals surface area contributed by atoms with E-state index in [4.69, 9.17) is 23.9 Å². The lowest BCUT2D eigenvalue weighted by molar-refractivity contribution is 0.0985. The molecule has 0 fully saturated rings. The van der Waals surface area contributed by atoms with Crippen LogP contribution in [0.1, 0.15) is 49.4 Å². The van der Waals surface area contributed by atoms with Crippen molar-refractivity contribution in [1.29, 1.82) is 0 Å². The van der Waals surface area contributed by atoms with Crippen LogP contribution in [0.3, 0.4) is 0 Å². The van der Waals surface area contributed by atoms with Gasteiger partial charge < -0.3 is 24.3 Å². The van der Waals surface area contributed by atoms with Gasteiger partial charge in [0.05, 0.1) is 42.8 Å². The Kier molecular flexibility index (Phi) is 8.86. The standard InChI is InChI=1S/C42H36N4O6/c1-49-37-19-31-34(43-16-8-13-28-11-3-5-14-33(28)45-41(31)47)21-39(37)51-24-26-9-7-10-27(17-26)25-52-40-22-35-32(20-38(40)50-2)42(48)46-30(23-44-35)18-29-12-4-6-15-36(29)46/h3-7,9-12,14-17,19-23,30H,8,13,18,24-25H2,1-2H3,(H,45,47)/t30-/m0/s1. The molecule has 0 saturated carbocycles. The largest absolute Gasteiger partial charge is 0.493 e. The molecule has 260 valence electrons. The summed E-state index contributed by atoms with van der Waals surface area (Å²) in [6.07, 6.45) is 5.88. The highest BCUT2D eigenvalue weighted by atomic mass is 16.5. The third kappa shape index (κ3) is 6.35. The fourth-order valence-corrected chi connectivity index (χ4v) is 6.86. The summed E-state index contributed by atoms with van der Waals surface area (Å²) in [5.41, 5.74) is 7.60. The number of para-hydroxylation sites is 2. The van der Waals surface area contributed by atoms with Crippen molar-refractivity contribution >= 4 is 47.0 Å². The summed E-state index contributed by atoms with van der Waals surface area (Å²) in [7, 11) is 3.10. The lowest BCUT2D eigenvalue weighted by atomic mass is 10.1. The summed E-state index contributed by atoms with van der Waals surface area (Å²) in [5, 5.41) is 3.03. The molecule has 5 aromatic rings. The summed E-state index contributed by atoms with van der Waals surface area (Å²) in [6.45, 7) is 0.490. The minimum Gasteiger partial charge on any atom is -0.493 e. The molecule has 8 rings (SSSR count). The van der Waals surface area contributed by atoms with E-state index in [0.717, 1.165) is 52.9 Å². The smallest absolute Gasteiger partial charge is 0.261 e. The maximum atomic E-state index is 13.8. The van der Waals surface area contributed by atoms with Crippen molar-refractivity contribution in [3.63, 3.8) is 0 Å². The second kappa shape index (κ2) is 14.1. The van der Waals surface area contributed by atoms with Gasteiger partial charge in [-0.25, -0.2) is 0 Å². The highest BCUT2D eigenvalue weighted by Crippen LogP contribution is 2.41. The lowest BCUT2D eigenvalue weighted by Crippen LogP contribution is -2.37. The van der Waals surface area contributed by atoms with E-state index in [1.807, 2.05) is 84.1 Å². The molecule has 10 heteroatoms. The maximum Gasteiger partial charge on any atom is 0.261 e. The fraction of sp³-hybridized carbons (Fsp3) is 0.190. The number of aliphatic imine (C=N–C) groups is 2. The normalized spacial score (nSPS) is 15.7. The zero-order chi connectivity index (χ0) is 35.6. The number of nitrogens with zero attached hydrogens (tertiary/aromatic N) is 3. The number of amides is 2. The number of fused-ring (bicyclic) bond motifs is 6. The van der Waals surface area contributed by atoms with Crippen LogP contribution < -0.4 is 29.2 Å². The summed E-state index contributed by atoms with van der Waals surface area (Å²) in [6, 6.07) is 30.4. The summed E-state index contributed by atoms with van der Waals surface area (Å²) < 4.78 is 23.8. The minimum atomic E-state index is -0.269. The van der Waals surface area contributed by atoms with Gasteiger partial charge in [0.15, 0.2) is 23.0 Å². The Labute approximate surface area is 301 Å². The van der Waals surface area contributed by atoms with E-state index < -0.39 is 0 Å². The van der Waals surface area contributed by atoms with Gasteiger partial charge in [0.2, 0.25) is 0 Å². The van der Waals surface area contributed by atoms with Crippen molar-refractivity contribution in [3.05, 3.63) is 130 Å². The summed E-state index contributed by atoms with van der Waals surface area (Å²) >= 11 is 0. The average Bonchev–Trinajstić information content (AvgIpc) is 3.49. The third-order valence-electron chi connectivity index (χ3n) is 9.47. The molecule has 0 radical (unpaired) electrons. The number of rotatable bonds is 8. The van der Waals surface area contributed by atoms with Gasteiger partial charge in [0.25, 0.3) is 11.8 Å². The van der Waals surface area contributed by atoms with Crippen LogP contribution in [0.2, 0.25) is 0 Å². The van der Waals surface area contributed by atoms with Crippen LogP contribution in [0.25, 0.3) is 0 Å². The molecule has 0 spiro atoms. The van der Waals surface area contributed by atoms with E-state index in [1.165, 1.54) is 0 Å². The van der Waals surface area contributed by atoms with Crippen molar-refractivity contribution < 1.29 is 28.5 Å². The van der Waals surface area contributed by atoms with Gasteiger partial charge >= 0.3 is 0 Å². The minimum absolute atomic E-state index is 0.117. The topological polar surface area (TPSA) is 111 Å². The van der Waals surface area contributed by atoms with Gasteiger partial charge in [-0.15, -0.1) is 0 Å². The molecule has 0 unspecified atom stereocenters. The van der Waals surface area contributed by atoms with E-state index in [2.05, 4.69) is 16.4 Å². The number of aryl methyl sites for hydroxylation is 1. The van der Waals surface area contributed by atoms with Gasteiger partial charge in [-0.1, -0.05) is 54.6 Å². The first kappa shape index (κ1) is 32.8. The Hall–Kier alpha value is -6.42. The van der Waals surface area contributed by atoms with Crippen molar-refractivity contribution in [2.75, 3.05) is 24.4 Å². The number of nitrogens with one attached hydrogen (secondary N) is 1. The Balaban J connectivity index is 0.975. The molecule has 3 aliphatic heterocycles. The molecular weight excluding hydrogens is 656 g/mol. The highest BCUT2D eigenvalue weighted by Gasteiger charge is 2.36. The first-order chi connectivity index (χ1) is 25.5. The Bertz CT molecular complexity index is 2230. The van der Waals surface area contributed by atoms with E-state index in [1.54, 1.807) is 38.5 Å². The Morgan fingerprint density at radius 3 is 2.10 bits per heavy atom. The van der Waals surface area contributed by atoms with Crippen LogP contribution in [-0.4, -0.2) is 44.5 Å². The van der Waals surface area contributed by atoms with Crippen molar-refractivity contribution in [2.45, 2.75) is 38.5 Å². The van der Waals surface area contributed by atoms with Gasteiger partial charge in [-0.2, -0.15) is 0 Å². The van der Waals surface area contributed by atoms with Crippen LogP contribution in [0.15, 0.2) is 107 Å². The molecule has 0 aromatic heterocycles. The first-order valence-corrected chi connectivity index (χ1v) is 17.1. The van der Waals surface area contributed by atoms with Crippen LogP contribution in [0, 0.1) is 0 Å². The third-order valence-corrected chi connectivity index (χ3v) is 9.47. The number of hydrogen-bond acceptors (Lipinski definition) is 8. The quantitative estimate of drug-likeness (QED) is 0.176. The summed E-state index contributed by atoms with van der Waals surface area (Å²) in [5.74, 6) is 1.45. The van der Waals surface area contributed by atoms with Crippen molar-refractivity contribution in [3.8, 4) is 23.0 Å². The molecule has 2 amide bonds. The molecule has 52 heavy (non-hydrogen) atoms. The molecular formula is C42H36N4O6. The molecule has 1 N–H and O–H groups in total. The van der Waals surface area contributed by atoms with Crippen LogP contribution >= 0.6 is 0 Å². The fourth-order valence-electron chi connectivity index (χ4n) is 6.86. The SMILES string of the molecule is COc1cc2c(cc1OCc1cccc(COc3cc4c(cc3OC)C(=O)N3c5ccccc5C[C@H]3C=N4)c1)N=CCCc1ccccc1NC2=O. The van der Waals surface area contributed by atoms with Crippen LogP contribution in [0.5, 0.6) is 23.0 Å². The number of hydrogen-bond donors (Lipinski definition) is 1. The number of ether oxygens (including phenoxy) is 4. The van der Waals surface area contributed by atoms with E-state index in [0.29, 0.717) is 45.5 Å². The van der Waals surface area contributed by atoms with Gasteiger partial charge in [-0.3, -0.25) is 24.5 Å². The number of carbonyl (C=O) groups is 2. The highest BCUT2D eigenvalue weighted by molar-refractivity contribution is 6.15. The van der Waals surface area contributed by atoms with Crippen LogP contribution in [0.4, 0.5) is 22.7 Å². The maximum absolute atomic E-state index is 13.8. The number of benzene rings is 5. The van der Waals surface area contributed by atoms with Crippen molar-refractivity contribution in [2.24, 2.45) is 9.98 Å². The monoisotopic (exact) mass is 692 g/mol. The predicted molar refractivity (Wildman–Crippen MR) is 201 cm³/mol. The summed E-state index contributed by atoms with van der Waals surface area (Å²) in [4.78, 5) is 38.3. The Morgan fingerprint density at radius 2 is 1.37 bits per heavy atom. The van der Waals surface area contributed by atoms with E-state index in [9.17, 15) is 9.59 Å².